The first-order valence-corrected chi connectivity index (χ1v) is 3.36. The van der Waals surface area contributed by atoms with Crippen LogP contribution in [0, 0.1) is 0 Å². The predicted octanol–water partition coefficient (Wildman–Crippen LogP) is 0.550. The molecule has 0 bridgehead atoms. The van der Waals surface area contributed by atoms with Crippen molar-refractivity contribution in [2.75, 3.05) is 0 Å². The molecule has 58 valence electrons. The second-order valence-electron chi connectivity index (χ2n) is 1.96. The minimum Gasteiger partial charge on any atom is -0.366 e. The summed E-state index contributed by atoms with van der Waals surface area (Å²) in [5.41, 5.74) is 5.27. The molecule has 0 fully saturated rings. The van der Waals surface area contributed by atoms with Gasteiger partial charge in [-0.15, -0.1) is 0 Å². The Kier molecular flexibility index (Phi) is 4.07. The Hall–Kier alpha value is -0.540. The van der Waals surface area contributed by atoms with E-state index >= 15 is 0 Å². The van der Waals surface area contributed by atoms with E-state index in [9.17, 15) is 4.79 Å². The van der Waals surface area contributed by atoms with Crippen LogP contribution < -0.4 is 10.6 Å². The largest absolute Gasteiger partial charge is 0.366 e. The number of rotatable bonds is 4. The van der Waals surface area contributed by atoms with Gasteiger partial charge in [-0.05, 0) is 18.2 Å². The zero-order valence-corrected chi connectivity index (χ0v) is 6.61. The fraction of sp³-hybridized carbons (Fsp3) is 0.500. The SMILES string of the molecule is C=C(C(N)=O)C(CC)NCl. The van der Waals surface area contributed by atoms with Crippen molar-refractivity contribution < 1.29 is 4.79 Å². The summed E-state index contributed by atoms with van der Waals surface area (Å²) in [5.74, 6) is -0.514. The molecule has 0 heterocycles. The highest BCUT2D eigenvalue weighted by molar-refractivity contribution is 6.14. The first-order valence-electron chi connectivity index (χ1n) is 2.98. The summed E-state index contributed by atoms with van der Waals surface area (Å²) in [6, 6.07) is -0.209. The highest BCUT2D eigenvalue weighted by atomic mass is 35.5. The molecule has 10 heavy (non-hydrogen) atoms. The molecule has 0 saturated heterocycles. The Labute approximate surface area is 65.3 Å². The number of carbonyl (C=O) groups is 1. The van der Waals surface area contributed by atoms with Gasteiger partial charge in [0.2, 0.25) is 5.91 Å². The van der Waals surface area contributed by atoms with Crippen LogP contribution >= 0.6 is 11.8 Å². The van der Waals surface area contributed by atoms with E-state index in [1.807, 2.05) is 6.92 Å². The van der Waals surface area contributed by atoms with Gasteiger partial charge >= 0.3 is 0 Å². The van der Waals surface area contributed by atoms with Gasteiger partial charge in [-0.2, -0.15) is 0 Å². The Morgan fingerprint density at radius 1 is 1.90 bits per heavy atom. The Balaban J connectivity index is 4.02. The van der Waals surface area contributed by atoms with Crippen LogP contribution in [-0.4, -0.2) is 11.9 Å². The summed E-state index contributed by atoms with van der Waals surface area (Å²) >= 11 is 5.29. The van der Waals surface area contributed by atoms with Crippen molar-refractivity contribution in [1.82, 2.24) is 4.84 Å². The van der Waals surface area contributed by atoms with Crippen molar-refractivity contribution >= 4 is 17.7 Å². The van der Waals surface area contributed by atoms with Gasteiger partial charge in [0, 0.05) is 5.57 Å². The molecule has 0 spiro atoms. The summed E-state index contributed by atoms with van der Waals surface area (Å²) in [6.45, 7) is 5.36. The van der Waals surface area contributed by atoms with Gasteiger partial charge < -0.3 is 5.73 Å². The molecule has 0 aromatic carbocycles. The average molecular weight is 163 g/mol. The van der Waals surface area contributed by atoms with Crippen LogP contribution in [0.4, 0.5) is 0 Å². The van der Waals surface area contributed by atoms with E-state index in [2.05, 4.69) is 11.4 Å². The molecular formula is C6H11ClN2O. The fourth-order valence-corrected chi connectivity index (χ4v) is 0.847. The third kappa shape index (κ3) is 2.37. The molecule has 3 nitrogen and oxygen atoms in total. The van der Waals surface area contributed by atoms with Crippen molar-refractivity contribution in [3.63, 3.8) is 0 Å². The van der Waals surface area contributed by atoms with Crippen LogP contribution in [0.5, 0.6) is 0 Å². The first-order chi connectivity index (χ1) is 4.63. The molecular weight excluding hydrogens is 152 g/mol. The fourth-order valence-electron chi connectivity index (χ4n) is 0.561. The molecule has 0 aliphatic rings. The summed E-state index contributed by atoms with van der Waals surface area (Å²) in [7, 11) is 0. The number of carbonyl (C=O) groups excluding carboxylic acids is 1. The molecule has 3 N–H and O–H groups in total. The molecule has 1 unspecified atom stereocenters. The van der Waals surface area contributed by atoms with Crippen LogP contribution in [0.3, 0.4) is 0 Å². The minimum atomic E-state index is -0.514. The van der Waals surface area contributed by atoms with Crippen molar-refractivity contribution in [1.29, 1.82) is 0 Å². The summed E-state index contributed by atoms with van der Waals surface area (Å²) in [4.78, 5) is 12.9. The third-order valence-corrected chi connectivity index (χ3v) is 1.54. The molecule has 0 aromatic heterocycles. The maximum absolute atomic E-state index is 10.5. The summed E-state index contributed by atoms with van der Waals surface area (Å²) in [5, 5.41) is 0. The first kappa shape index (κ1) is 9.46. The molecule has 0 radical (unpaired) electrons. The number of primary amides is 1. The Morgan fingerprint density at radius 2 is 2.40 bits per heavy atom. The highest BCUT2D eigenvalue weighted by Gasteiger charge is 2.12. The van der Waals surface area contributed by atoms with E-state index in [-0.39, 0.29) is 6.04 Å². The summed E-state index contributed by atoms with van der Waals surface area (Å²) in [6.07, 6.45) is 0.700. The lowest BCUT2D eigenvalue weighted by atomic mass is 10.1. The van der Waals surface area contributed by atoms with E-state index < -0.39 is 5.91 Å². The number of nitrogens with one attached hydrogen (secondary N) is 1. The molecule has 4 heteroatoms. The summed E-state index contributed by atoms with van der Waals surface area (Å²) < 4.78 is 0. The minimum absolute atomic E-state index is 0.209. The number of amides is 1. The van der Waals surface area contributed by atoms with Crippen molar-refractivity contribution in [3.8, 4) is 0 Å². The predicted molar refractivity (Wildman–Crippen MR) is 41.4 cm³/mol. The van der Waals surface area contributed by atoms with E-state index in [1.54, 1.807) is 0 Å². The second-order valence-corrected chi connectivity index (χ2v) is 2.18. The van der Waals surface area contributed by atoms with Crippen LogP contribution in [-0.2, 0) is 4.79 Å². The second kappa shape index (κ2) is 4.30. The zero-order chi connectivity index (χ0) is 8.15. The number of hydrogen-bond acceptors (Lipinski definition) is 2. The topological polar surface area (TPSA) is 55.1 Å². The molecule has 0 aliphatic carbocycles. The normalized spacial score (nSPS) is 12.6. The van der Waals surface area contributed by atoms with Gasteiger partial charge in [0.25, 0.3) is 0 Å². The van der Waals surface area contributed by atoms with Crippen LogP contribution in [0.1, 0.15) is 13.3 Å². The zero-order valence-electron chi connectivity index (χ0n) is 5.86. The van der Waals surface area contributed by atoms with Crippen LogP contribution in [0.2, 0.25) is 0 Å². The highest BCUT2D eigenvalue weighted by Crippen LogP contribution is 2.03. The monoisotopic (exact) mass is 162 g/mol. The van der Waals surface area contributed by atoms with Crippen LogP contribution in [0.15, 0.2) is 12.2 Å². The molecule has 1 atom stereocenters. The van der Waals surface area contributed by atoms with E-state index in [1.165, 1.54) is 0 Å². The molecule has 0 rings (SSSR count). The van der Waals surface area contributed by atoms with Crippen molar-refractivity contribution in [2.24, 2.45) is 5.73 Å². The lowest BCUT2D eigenvalue weighted by Gasteiger charge is -2.11. The number of nitrogens with two attached hydrogens (primary N) is 1. The maximum atomic E-state index is 10.5. The number of halogens is 1. The van der Waals surface area contributed by atoms with Gasteiger partial charge in [-0.1, -0.05) is 13.5 Å². The third-order valence-electron chi connectivity index (χ3n) is 1.28. The number of hydrogen-bond donors (Lipinski definition) is 2. The van der Waals surface area contributed by atoms with Gasteiger partial charge in [0.05, 0.1) is 6.04 Å². The average Bonchev–Trinajstić information content (AvgIpc) is 1.90. The van der Waals surface area contributed by atoms with E-state index in [0.29, 0.717) is 12.0 Å². The van der Waals surface area contributed by atoms with Crippen LogP contribution in [0.25, 0.3) is 0 Å². The van der Waals surface area contributed by atoms with Crippen molar-refractivity contribution in [2.45, 2.75) is 19.4 Å². The molecule has 0 saturated carbocycles. The van der Waals surface area contributed by atoms with Gasteiger partial charge in [0.1, 0.15) is 0 Å². The Bertz CT molecular complexity index is 143. The van der Waals surface area contributed by atoms with Gasteiger partial charge in [-0.3, -0.25) is 4.79 Å². The standard InChI is InChI=1S/C6H11ClN2O/c1-3-5(9-7)4(2)6(8)10/h5,9H,2-3H2,1H3,(H2,8,10). The van der Waals surface area contributed by atoms with Gasteiger partial charge in [0.15, 0.2) is 0 Å². The molecule has 1 amide bonds. The lowest BCUT2D eigenvalue weighted by Crippen LogP contribution is -2.30. The quantitative estimate of drug-likeness (QED) is 0.469. The smallest absolute Gasteiger partial charge is 0.245 e. The van der Waals surface area contributed by atoms with Gasteiger partial charge in [-0.25, -0.2) is 4.84 Å². The maximum Gasteiger partial charge on any atom is 0.245 e. The molecule has 0 aromatic rings. The van der Waals surface area contributed by atoms with E-state index in [4.69, 9.17) is 17.5 Å². The Morgan fingerprint density at radius 3 is 2.50 bits per heavy atom. The molecule has 0 aliphatic heterocycles. The lowest BCUT2D eigenvalue weighted by molar-refractivity contribution is -0.114. The van der Waals surface area contributed by atoms with E-state index in [0.717, 1.165) is 0 Å². The van der Waals surface area contributed by atoms with Crippen molar-refractivity contribution in [3.05, 3.63) is 12.2 Å².